The first kappa shape index (κ1) is 14.8. The summed E-state index contributed by atoms with van der Waals surface area (Å²) < 4.78 is 42.8. The molecule has 3 nitrogen and oxygen atoms in total. The van der Waals surface area contributed by atoms with Crippen LogP contribution in [0.5, 0.6) is 0 Å². The van der Waals surface area contributed by atoms with Crippen LogP contribution in [0, 0.1) is 0 Å². The van der Waals surface area contributed by atoms with Gasteiger partial charge in [0.25, 0.3) is 0 Å². The van der Waals surface area contributed by atoms with E-state index in [0.29, 0.717) is 0 Å². The lowest BCUT2D eigenvalue weighted by Gasteiger charge is -2.09. The third-order valence-electron chi connectivity index (χ3n) is 2.19. The van der Waals surface area contributed by atoms with Gasteiger partial charge in [-0.1, -0.05) is 24.3 Å². The third-order valence-corrected chi connectivity index (χ3v) is 2.19. The van der Waals surface area contributed by atoms with Crippen molar-refractivity contribution in [3.05, 3.63) is 53.3 Å². The SMILES string of the molecule is COC(C=Cc1ccccc1C(F)(F)F)=CC(=O)O. The van der Waals surface area contributed by atoms with Crippen molar-refractivity contribution in [3.8, 4) is 0 Å². The van der Waals surface area contributed by atoms with E-state index in [4.69, 9.17) is 9.84 Å². The maximum Gasteiger partial charge on any atom is 0.416 e. The Morgan fingerprint density at radius 3 is 2.47 bits per heavy atom. The molecule has 102 valence electrons. The molecule has 0 aliphatic heterocycles. The molecule has 0 saturated carbocycles. The second kappa shape index (κ2) is 6.08. The number of allylic oxidation sites excluding steroid dienone is 1. The number of hydrogen-bond acceptors (Lipinski definition) is 2. The van der Waals surface area contributed by atoms with Crippen LogP contribution in [0.15, 0.2) is 42.2 Å². The molecule has 1 aromatic carbocycles. The molecule has 0 aliphatic rings. The molecule has 0 aliphatic carbocycles. The number of ether oxygens (including phenoxy) is 1. The fourth-order valence-electron chi connectivity index (χ4n) is 1.37. The monoisotopic (exact) mass is 272 g/mol. The summed E-state index contributed by atoms with van der Waals surface area (Å²) in [7, 11) is 1.23. The van der Waals surface area contributed by atoms with Crippen LogP contribution in [0.25, 0.3) is 6.08 Å². The van der Waals surface area contributed by atoms with E-state index in [1.807, 2.05) is 0 Å². The molecule has 0 spiro atoms. The lowest BCUT2D eigenvalue weighted by Crippen LogP contribution is -2.06. The number of carboxylic acid groups (broad SMARTS) is 1. The fourth-order valence-corrected chi connectivity index (χ4v) is 1.37. The molecular weight excluding hydrogens is 261 g/mol. The lowest BCUT2D eigenvalue weighted by molar-refractivity contribution is -0.137. The minimum atomic E-state index is -4.47. The Morgan fingerprint density at radius 1 is 1.32 bits per heavy atom. The summed E-state index contributed by atoms with van der Waals surface area (Å²) in [6, 6.07) is 4.98. The average molecular weight is 272 g/mol. The Bertz CT molecular complexity index is 516. The predicted molar refractivity (Wildman–Crippen MR) is 63.2 cm³/mol. The molecular formula is C13H11F3O3. The highest BCUT2D eigenvalue weighted by Gasteiger charge is 2.32. The van der Waals surface area contributed by atoms with Gasteiger partial charge < -0.3 is 9.84 Å². The zero-order valence-electron chi connectivity index (χ0n) is 9.94. The number of halogens is 3. The largest absolute Gasteiger partial charge is 0.496 e. The van der Waals surface area contributed by atoms with Gasteiger partial charge in [-0.05, 0) is 17.7 Å². The summed E-state index contributed by atoms with van der Waals surface area (Å²) in [6.45, 7) is 0. The summed E-state index contributed by atoms with van der Waals surface area (Å²) in [4.78, 5) is 10.4. The molecule has 0 unspecified atom stereocenters. The van der Waals surface area contributed by atoms with Gasteiger partial charge in [0.1, 0.15) is 5.76 Å². The van der Waals surface area contributed by atoms with E-state index >= 15 is 0 Å². The van der Waals surface area contributed by atoms with Crippen molar-refractivity contribution in [3.63, 3.8) is 0 Å². The van der Waals surface area contributed by atoms with Crippen molar-refractivity contribution in [2.45, 2.75) is 6.18 Å². The van der Waals surface area contributed by atoms with Crippen molar-refractivity contribution in [2.75, 3.05) is 7.11 Å². The average Bonchev–Trinajstić information content (AvgIpc) is 2.33. The molecule has 0 bridgehead atoms. The molecule has 1 N–H and O–H groups in total. The van der Waals surface area contributed by atoms with Crippen LogP contribution in [-0.2, 0) is 15.7 Å². The number of methoxy groups -OCH3 is 1. The van der Waals surface area contributed by atoms with Crippen LogP contribution in [0.2, 0.25) is 0 Å². The second-order valence-corrected chi connectivity index (χ2v) is 3.51. The number of rotatable bonds is 4. The van der Waals surface area contributed by atoms with Crippen LogP contribution in [0.1, 0.15) is 11.1 Å². The molecule has 0 saturated heterocycles. The third kappa shape index (κ3) is 4.50. The van der Waals surface area contributed by atoms with Crippen LogP contribution < -0.4 is 0 Å². The summed E-state index contributed by atoms with van der Waals surface area (Å²) in [5.41, 5.74) is -0.861. The van der Waals surface area contributed by atoms with Gasteiger partial charge in [0.2, 0.25) is 0 Å². The molecule has 0 amide bonds. The van der Waals surface area contributed by atoms with E-state index in [1.165, 1.54) is 31.4 Å². The normalized spacial score (nSPS) is 12.7. The Morgan fingerprint density at radius 2 is 1.95 bits per heavy atom. The zero-order chi connectivity index (χ0) is 14.5. The number of aliphatic carboxylic acids is 1. The molecule has 0 heterocycles. The van der Waals surface area contributed by atoms with Gasteiger partial charge in [-0.3, -0.25) is 0 Å². The van der Waals surface area contributed by atoms with Crippen LogP contribution in [0.4, 0.5) is 13.2 Å². The maximum absolute atomic E-state index is 12.7. The number of carboxylic acids is 1. The highest BCUT2D eigenvalue weighted by atomic mass is 19.4. The van der Waals surface area contributed by atoms with Crippen molar-refractivity contribution < 1.29 is 27.8 Å². The molecule has 19 heavy (non-hydrogen) atoms. The summed E-state index contributed by atoms with van der Waals surface area (Å²) in [5.74, 6) is -1.30. The van der Waals surface area contributed by atoms with Gasteiger partial charge in [0.15, 0.2) is 0 Å². The Balaban J connectivity index is 3.09. The van der Waals surface area contributed by atoms with Gasteiger partial charge >= 0.3 is 12.1 Å². The number of hydrogen-bond donors (Lipinski definition) is 1. The smallest absolute Gasteiger partial charge is 0.416 e. The molecule has 6 heteroatoms. The van der Waals surface area contributed by atoms with E-state index < -0.39 is 17.7 Å². The van der Waals surface area contributed by atoms with Gasteiger partial charge in [-0.15, -0.1) is 0 Å². The lowest BCUT2D eigenvalue weighted by atomic mass is 10.1. The van der Waals surface area contributed by atoms with Gasteiger partial charge in [-0.25, -0.2) is 4.79 Å². The first-order valence-electron chi connectivity index (χ1n) is 5.17. The quantitative estimate of drug-likeness (QED) is 0.519. The zero-order valence-corrected chi connectivity index (χ0v) is 9.94. The van der Waals surface area contributed by atoms with Crippen molar-refractivity contribution >= 4 is 12.0 Å². The minimum Gasteiger partial charge on any atom is -0.496 e. The molecule has 1 aromatic rings. The maximum atomic E-state index is 12.7. The van der Waals surface area contributed by atoms with Crippen LogP contribution in [0.3, 0.4) is 0 Å². The molecule has 0 aromatic heterocycles. The number of alkyl halides is 3. The number of benzene rings is 1. The Kier molecular flexibility index (Phi) is 4.74. The molecule has 0 atom stereocenters. The molecule has 0 radical (unpaired) electrons. The minimum absolute atomic E-state index is 0.0514. The molecule has 0 fully saturated rings. The number of carbonyl (C=O) groups is 1. The topological polar surface area (TPSA) is 46.5 Å². The van der Waals surface area contributed by atoms with E-state index in [1.54, 1.807) is 0 Å². The van der Waals surface area contributed by atoms with Gasteiger partial charge in [0.05, 0.1) is 18.7 Å². The van der Waals surface area contributed by atoms with Crippen molar-refractivity contribution in [2.24, 2.45) is 0 Å². The Labute approximate surface area is 107 Å². The van der Waals surface area contributed by atoms with Gasteiger partial charge in [-0.2, -0.15) is 13.2 Å². The summed E-state index contributed by atoms with van der Waals surface area (Å²) in [5, 5.41) is 8.53. The highest BCUT2D eigenvalue weighted by Crippen LogP contribution is 2.32. The van der Waals surface area contributed by atoms with E-state index in [-0.39, 0.29) is 11.3 Å². The summed E-state index contributed by atoms with van der Waals surface area (Å²) in [6.07, 6.45) is -1.39. The van der Waals surface area contributed by atoms with E-state index in [2.05, 4.69) is 0 Å². The first-order valence-corrected chi connectivity index (χ1v) is 5.17. The second-order valence-electron chi connectivity index (χ2n) is 3.51. The molecule has 1 rings (SSSR count). The first-order chi connectivity index (χ1) is 8.84. The highest BCUT2D eigenvalue weighted by molar-refractivity contribution is 5.81. The Hall–Kier alpha value is -2.24. The van der Waals surface area contributed by atoms with Crippen LogP contribution in [-0.4, -0.2) is 18.2 Å². The van der Waals surface area contributed by atoms with Crippen LogP contribution >= 0.6 is 0 Å². The predicted octanol–water partition coefficient (Wildman–Crippen LogP) is 3.33. The van der Waals surface area contributed by atoms with E-state index in [0.717, 1.165) is 18.2 Å². The van der Waals surface area contributed by atoms with E-state index in [9.17, 15) is 18.0 Å². The summed E-state index contributed by atoms with van der Waals surface area (Å²) >= 11 is 0. The fraction of sp³-hybridized carbons (Fsp3) is 0.154. The van der Waals surface area contributed by atoms with Gasteiger partial charge in [0, 0.05) is 0 Å². The standard InChI is InChI=1S/C13H11F3O3/c1-19-10(8-12(17)18)7-6-9-4-2-3-5-11(9)13(14,15)16/h2-8H,1H3,(H,17,18). The van der Waals surface area contributed by atoms with Crippen molar-refractivity contribution in [1.82, 2.24) is 0 Å². The van der Waals surface area contributed by atoms with Crippen molar-refractivity contribution in [1.29, 1.82) is 0 Å².